The van der Waals surface area contributed by atoms with Gasteiger partial charge in [0.1, 0.15) is 5.69 Å². The molecule has 0 atom stereocenters. The third kappa shape index (κ3) is 4.82. The molecule has 1 aromatic heterocycles. The Morgan fingerprint density at radius 2 is 1.90 bits per heavy atom. The van der Waals surface area contributed by atoms with Crippen LogP contribution in [0, 0.1) is 0 Å². The molecule has 2 amide bonds. The maximum Gasteiger partial charge on any atom is 0.340 e. The van der Waals surface area contributed by atoms with E-state index >= 15 is 0 Å². The van der Waals surface area contributed by atoms with Gasteiger partial charge in [0.25, 0.3) is 0 Å². The van der Waals surface area contributed by atoms with Gasteiger partial charge in [-0.15, -0.1) is 0 Å². The zero-order valence-electron chi connectivity index (χ0n) is 18.3. The minimum Gasteiger partial charge on any atom is -0.463 e. The fourth-order valence-electron chi connectivity index (χ4n) is 3.94. The minimum absolute atomic E-state index is 0.200. The number of nitrogen functional groups attached to an aromatic ring is 1. The number of hydrogen-bond acceptors (Lipinski definition) is 7. The van der Waals surface area contributed by atoms with Gasteiger partial charge < -0.3 is 10.5 Å². The molecule has 1 fully saturated rings. The van der Waals surface area contributed by atoms with E-state index in [-0.39, 0.29) is 17.9 Å². The van der Waals surface area contributed by atoms with Crippen LogP contribution in [0.1, 0.15) is 43.7 Å². The fourth-order valence-corrected chi connectivity index (χ4v) is 3.94. The van der Waals surface area contributed by atoms with Gasteiger partial charge in [-0.2, -0.15) is 9.97 Å². The van der Waals surface area contributed by atoms with Gasteiger partial charge in [-0.3, -0.25) is 15.2 Å². The predicted octanol–water partition coefficient (Wildman–Crippen LogP) is 3.23. The quantitative estimate of drug-likeness (QED) is 0.626. The number of unbranched alkanes of at least 4 members (excludes halogenated alkanes) is 1. The Balaban J connectivity index is 1.58. The van der Waals surface area contributed by atoms with Crippen molar-refractivity contribution in [2.75, 3.05) is 42.8 Å². The van der Waals surface area contributed by atoms with Crippen LogP contribution in [0.3, 0.4) is 0 Å². The molecule has 0 saturated carbocycles. The van der Waals surface area contributed by atoms with Crippen molar-refractivity contribution >= 4 is 23.4 Å². The van der Waals surface area contributed by atoms with Crippen molar-refractivity contribution < 1.29 is 9.53 Å². The molecule has 1 aromatic carbocycles. The smallest absolute Gasteiger partial charge is 0.340 e. The van der Waals surface area contributed by atoms with Crippen LogP contribution >= 0.6 is 0 Å². The predicted molar refractivity (Wildman–Crippen MR) is 121 cm³/mol. The van der Waals surface area contributed by atoms with Crippen molar-refractivity contribution in [1.82, 2.24) is 19.9 Å². The summed E-state index contributed by atoms with van der Waals surface area (Å²) < 4.78 is 5.68. The number of carbonyl (C=O) groups excluding carboxylic acids is 1. The van der Waals surface area contributed by atoms with Crippen molar-refractivity contribution in [3.05, 3.63) is 35.4 Å². The average molecular weight is 426 g/mol. The lowest BCUT2D eigenvalue weighted by atomic mass is 10.1. The Hall–Kier alpha value is -3.07. The molecule has 4 rings (SSSR count). The second-order valence-electron chi connectivity index (χ2n) is 8.11. The lowest BCUT2D eigenvalue weighted by Crippen LogP contribution is -2.50. The molecule has 0 bridgehead atoms. The van der Waals surface area contributed by atoms with Gasteiger partial charge >= 0.3 is 12.0 Å². The highest BCUT2D eigenvalue weighted by Gasteiger charge is 2.31. The highest BCUT2D eigenvalue weighted by atomic mass is 16.5. The van der Waals surface area contributed by atoms with Gasteiger partial charge in [0.2, 0.25) is 0 Å². The summed E-state index contributed by atoms with van der Waals surface area (Å²) in [5.74, 6) is 0.733. The van der Waals surface area contributed by atoms with E-state index in [1.165, 1.54) is 23.4 Å². The molecule has 0 radical (unpaired) electrons. The molecule has 9 heteroatoms. The maximum absolute atomic E-state index is 12.5. The van der Waals surface area contributed by atoms with Crippen molar-refractivity contribution in [2.24, 2.45) is 0 Å². The number of nitrogens with two attached hydrogens (primary N) is 1. The van der Waals surface area contributed by atoms with Crippen molar-refractivity contribution in [3.8, 4) is 6.01 Å². The first-order valence-corrected chi connectivity index (χ1v) is 11.0. The second kappa shape index (κ2) is 9.38. The molecule has 0 aliphatic carbocycles. The standard InChI is InChI=1S/C22H31N7O2/c1-3-4-12-31-21-25-19(23)18-20(26-21)29(27(2)22(30)24-18)15-17-9-7-8-16(13-17)14-28-10-5-6-11-28/h7-9,13H,3-6,10-12,14-15H2,1-2H3,(H,24,30)(H2,23,25,26). The number of amides is 2. The van der Waals surface area contributed by atoms with E-state index in [0.717, 1.165) is 38.0 Å². The number of carbonyl (C=O) groups is 1. The summed E-state index contributed by atoms with van der Waals surface area (Å²) in [4.78, 5) is 23.8. The number of fused-ring (bicyclic) bond motifs is 1. The third-order valence-electron chi connectivity index (χ3n) is 5.69. The van der Waals surface area contributed by atoms with Crippen LogP contribution in [0.2, 0.25) is 0 Å². The van der Waals surface area contributed by atoms with Crippen LogP contribution in [0.25, 0.3) is 0 Å². The Labute approximate surface area is 183 Å². The SMILES string of the molecule is CCCCOc1nc(N)c2c(n1)N(Cc1cccc(CN3CCCC3)c1)N(C)C(=O)N2. The highest BCUT2D eigenvalue weighted by Crippen LogP contribution is 2.35. The van der Waals surface area contributed by atoms with Crippen LogP contribution in [-0.4, -0.2) is 52.7 Å². The Bertz CT molecular complexity index is 930. The average Bonchev–Trinajstić information content (AvgIpc) is 3.26. The third-order valence-corrected chi connectivity index (χ3v) is 5.69. The summed E-state index contributed by atoms with van der Waals surface area (Å²) in [5, 5.41) is 6.11. The summed E-state index contributed by atoms with van der Waals surface area (Å²) in [6, 6.07) is 8.43. The first-order chi connectivity index (χ1) is 15.0. The molecule has 0 unspecified atom stereocenters. The van der Waals surface area contributed by atoms with E-state index in [1.54, 1.807) is 7.05 Å². The molecular weight excluding hydrogens is 394 g/mol. The Morgan fingerprint density at radius 3 is 2.65 bits per heavy atom. The summed E-state index contributed by atoms with van der Waals surface area (Å²) >= 11 is 0. The van der Waals surface area contributed by atoms with Gasteiger partial charge in [-0.25, -0.2) is 9.80 Å². The topological polar surface area (TPSA) is 99.8 Å². The van der Waals surface area contributed by atoms with E-state index < -0.39 is 0 Å². The lowest BCUT2D eigenvalue weighted by Gasteiger charge is -2.38. The van der Waals surface area contributed by atoms with Gasteiger partial charge in [0.15, 0.2) is 11.6 Å². The van der Waals surface area contributed by atoms with Crippen molar-refractivity contribution in [1.29, 1.82) is 0 Å². The number of urea groups is 1. The number of likely N-dealkylation sites (tertiary alicyclic amines) is 1. The number of benzene rings is 1. The monoisotopic (exact) mass is 425 g/mol. The summed E-state index contributed by atoms with van der Waals surface area (Å²) in [6.45, 7) is 6.36. The number of hydrazine groups is 1. The summed E-state index contributed by atoms with van der Waals surface area (Å²) in [6.07, 6.45) is 4.46. The minimum atomic E-state index is -0.282. The highest BCUT2D eigenvalue weighted by molar-refractivity contribution is 5.99. The number of rotatable bonds is 8. The van der Waals surface area contributed by atoms with Gasteiger partial charge in [0, 0.05) is 13.6 Å². The molecule has 2 aliphatic heterocycles. The number of ether oxygens (including phenoxy) is 1. The fraction of sp³-hybridized carbons (Fsp3) is 0.500. The first kappa shape index (κ1) is 21.2. The normalized spacial score (nSPS) is 16.4. The van der Waals surface area contributed by atoms with Gasteiger partial charge in [-0.05, 0) is 43.5 Å². The number of nitrogens with zero attached hydrogens (tertiary/aromatic N) is 5. The van der Waals surface area contributed by atoms with E-state index in [9.17, 15) is 4.79 Å². The van der Waals surface area contributed by atoms with Crippen LogP contribution in [0.4, 0.5) is 22.1 Å². The number of hydrogen-bond donors (Lipinski definition) is 2. The second-order valence-corrected chi connectivity index (χ2v) is 8.11. The summed E-state index contributed by atoms with van der Waals surface area (Å²) in [7, 11) is 1.71. The molecular formula is C22H31N7O2. The first-order valence-electron chi connectivity index (χ1n) is 11.0. The maximum atomic E-state index is 12.5. The van der Waals surface area contributed by atoms with E-state index in [2.05, 4.69) is 51.4 Å². The molecule has 9 nitrogen and oxygen atoms in total. The molecule has 2 aromatic rings. The van der Waals surface area contributed by atoms with Gasteiger partial charge in [0.05, 0.1) is 13.2 Å². The molecule has 2 aliphatic rings. The number of anilines is 3. The molecule has 0 spiro atoms. The number of nitrogens with one attached hydrogen (secondary N) is 1. The van der Waals surface area contributed by atoms with Crippen LogP contribution < -0.4 is 20.8 Å². The molecule has 1 saturated heterocycles. The Kier molecular flexibility index (Phi) is 6.41. The number of aromatic nitrogens is 2. The van der Waals surface area contributed by atoms with E-state index in [0.29, 0.717) is 24.7 Å². The molecule has 166 valence electrons. The summed E-state index contributed by atoms with van der Waals surface area (Å²) in [5.41, 5.74) is 8.91. The van der Waals surface area contributed by atoms with Crippen molar-refractivity contribution in [2.45, 2.75) is 45.7 Å². The molecule has 3 heterocycles. The lowest BCUT2D eigenvalue weighted by molar-refractivity contribution is 0.214. The van der Waals surface area contributed by atoms with E-state index in [1.807, 2.05) is 5.01 Å². The van der Waals surface area contributed by atoms with E-state index in [4.69, 9.17) is 10.5 Å². The van der Waals surface area contributed by atoms with Crippen molar-refractivity contribution in [3.63, 3.8) is 0 Å². The van der Waals surface area contributed by atoms with Crippen LogP contribution in [0.15, 0.2) is 24.3 Å². The Morgan fingerprint density at radius 1 is 1.16 bits per heavy atom. The molecule has 31 heavy (non-hydrogen) atoms. The largest absolute Gasteiger partial charge is 0.463 e. The van der Waals surface area contributed by atoms with Gasteiger partial charge in [-0.1, -0.05) is 37.6 Å². The zero-order valence-corrected chi connectivity index (χ0v) is 18.3. The zero-order chi connectivity index (χ0) is 21.8. The van der Waals surface area contributed by atoms with Crippen LogP contribution in [-0.2, 0) is 13.1 Å². The molecule has 3 N–H and O–H groups in total. The van der Waals surface area contributed by atoms with Crippen LogP contribution in [0.5, 0.6) is 6.01 Å².